The molecule has 1 aliphatic rings. The van der Waals surface area contributed by atoms with Gasteiger partial charge in [0.2, 0.25) is 0 Å². The third-order valence-corrected chi connectivity index (χ3v) is 3.06. The highest BCUT2D eigenvalue weighted by atomic mass is 16.4. The first-order valence-corrected chi connectivity index (χ1v) is 6.31. The van der Waals surface area contributed by atoms with Crippen molar-refractivity contribution < 1.29 is 14.7 Å². The topological polar surface area (TPSA) is 69.6 Å². The Hall–Kier alpha value is -1.70. The molecule has 1 saturated heterocycles. The van der Waals surface area contributed by atoms with Gasteiger partial charge < -0.3 is 15.3 Å². The summed E-state index contributed by atoms with van der Waals surface area (Å²) in [5.41, 5.74) is 0. The van der Waals surface area contributed by atoms with Gasteiger partial charge in [-0.2, -0.15) is 0 Å². The Labute approximate surface area is 108 Å². The van der Waals surface area contributed by atoms with Crippen LogP contribution in [0, 0.1) is 18.3 Å². The van der Waals surface area contributed by atoms with Crippen LogP contribution in [0.4, 0.5) is 4.79 Å². The number of rotatable bonds is 6. The van der Waals surface area contributed by atoms with Gasteiger partial charge in [-0.25, -0.2) is 4.79 Å². The molecule has 0 aliphatic carbocycles. The number of unbranched alkanes of at least 4 members (excludes halogenated alkanes) is 2. The molecule has 1 unspecified atom stereocenters. The van der Waals surface area contributed by atoms with Crippen molar-refractivity contribution in [2.24, 2.45) is 5.92 Å². The zero-order valence-electron chi connectivity index (χ0n) is 10.5. The lowest BCUT2D eigenvalue weighted by molar-refractivity contribution is -0.138. The summed E-state index contributed by atoms with van der Waals surface area (Å²) in [7, 11) is 0. The normalized spacial score (nSPS) is 18.4. The maximum Gasteiger partial charge on any atom is 0.317 e. The molecule has 0 radical (unpaired) electrons. The van der Waals surface area contributed by atoms with Crippen LogP contribution in [0.1, 0.15) is 32.1 Å². The van der Waals surface area contributed by atoms with Crippen molar-refractivity contribution in [1.29, 1.82) is 0 Å². The first-order valence-electron chi connectivity index (χ1n) is 6.31. The lowest BCUT2D eigenvalue weighted by atomic mass is 10.1. The molecule has 100 valence electrons. The highest BCUT2D eigenvalue weighted by Crippen LogP contribution is 2.19. The summed E-state index contributed by atoms with van der Waals surface area (Å²) in [6.45, 7) is 1.82. The molecule has 2 amide bonds. The second kappa shape index (κ2) is 7.59. The molecule has 5 nitrogen and oxygen atoms in total. The number of carbonyl (C=O) groups is 2. The smallest absolute Gasteiger partial charge is 0.317 e. The Morgan fingerprint density at radius 1 is 1.44 bits per heavy atom. The monoisotopic (exact) mass is 252 g/mol. The number of carboxylic acids is 1. The first kappa shape index (κ1) is 14.4. The van der Waals surface area contributed by atoms with Crippen LogP contribution >= 0.6 is 0 Å². The molecule has 0 aromatic rings. The Kier molecular flexibility index (Phi) is 6.06. The summed E-state index contributed by atoms with van der Waals surface area (Å²) in [6, 6.07) is -0.0939. The molecular formula is C13H20N2O3. The number of hydrogen-bond acceptors (Lipinski definition) is 2. The molecule has 1 fully saturated rings. The number of terminal acetylenes is 1. The fourth-order valence-corrected chi connectivity index (χ4v) is 2.09. The van der Waals surface area contributed by atoms with Gasteiger partial charge in [-0.05, 0) is 25.2 Å². The van der Waals surface area contributed by atoms with Gasteiger partial charge in [0, 0.05) is 32.5 Å². The average Bonchev–Trinajstić information content (AvgIpc) is 2.76. The van der Waals surface area contributed by atoms with Gasteiger partial charge in [-0.3, -0.25) is 4.79 Å². The zero-order chi connectivity index (χ0) is 13.4. The molecule has 0 aromatic heterocycles. The molecule has 0 spiro atoms. The molecular weight excluding hydrogens is 232 g/mol. The van der Waals surface area contributed by atoms with Crippen LogP contribution in [0.3, 0.4) is 0 Å². The van der Waals surface area contributed by atoms with Crippen LogP contribution in [-0.4, -0.2) is 41.6 Å². The lowest BCUT2D eigenvalue weighted by Gasteiger charge is -2.17. The molecule has 0 saturated carbocycles. The minimum Gasteiger partial charge on any atom is -0.481 e. The van der Waals surface area contributed by atoms with E-state index < -0.39 is 5.97 Å². The fraction of sp³-hybridized carbons (Fsp3) is 0.692. The van der Waals surface area contributed by atoms with E-state index in [2.05, 4.69) is 11.2 Å². The molecule has 5 heteroatoms. The standard InChI is InChI=1S/C13H20N2O3/c1-2-3-4-5-7-14-13(18)15-8-6-11(10-15)9-12(16)17/h1,11H,3-10H2,(H,14,18)(H,16,17). The maximum absolute atomic E-state index is 11.7. The number of likely N-dealkylation sites (tertiary alicyclic amines) is 1. The predicted molar refractivity (Wildman–Crippen MR) is 68.0 cm³/mol. The number of hydrogen-bond donors (Lipinski definition) is 2. The van der Waals surface area contributed by atoms with E-state index >= 15 is 0 Å². The van der Waals surface area contributed by atoms with Crippen molar-refractivity contribution >= 4 is 12.0 Å². The number of nitrogens with zero attached hydrogens (tertiary/aromatic N) is 1. The van der Waals surface area contributed by atoms with Crippen molar-refractivity contribution in [3.8, 4) is 12.3 Å². The maximum atomic E-state index is 11.7. The van der Waals surface area contributed by atoms with E-state index in [0.29, 0.717) is 19.6 Å². The van der Waals surface area contributed by atoms with Crippen LogP contribution in [0.15, 0.2) is 0 Å². The Morgan fingerprint density at radius 2 is 2.22 bits per heavy atom. The molecule has 2 N–H and O–H groups in total. The summed E-state index contributed by atoms with van der Waals surface area (Å²) in [6.07, 6.45) is 8.58. The highest BCUT2D eigenvalue weighted by molar-refractivity contribution is 5.74. The van der Waals surface area contributed by atoms with Gasteiger partial charge in [0.25, 0.3) is 0 Å². The van der Waals surface area contributed by atoms with Crippen LogP contribution in [-0.2, 0) is 4.79 Å². The molecule has 1 rings (SSSR count). The second-order valence-corrected chi connectivity index (χ2v) is 4.59. The Balaban J connectivity index is 2.16. The lowest BCUT2D eigenvalue weighted by Crippen LogP contribution is -2.39. The minimum atomic E-state index is -0.795. The second-order valence-electron chi connectivity index (χ2n) is 4.59. The van der Waals surface area contributed by atoms with Crippen LogP contribution in [0.5, 0.6) is 0 Å². The van der Waals surface area contributed by atoms with Crippen LogP contribution in [0.2, 0.25) is 0 Å². The molecule has 0 bridgehead atoms. The number of aliphatic carboxylic acids is 1. The average molecular weight is 252 g/mol. The van der Waals surface area contributed by atoms with Crippen LogP contribution in [0.25, 0.3) is 0 Å². The molecule has 1 aliphatic heterocycles. The Morgan fingerprint density at radius 3 is 2.89 bits per heavy atom. The van der Waals surface area contributed by atoms with Crippen molar-refractivity contribution in [2.45, 2.75) is 32.1 Å². The largest absolute Gasteiger partial charge is 0.481 e. The van der Waals surface area contributed by atoms with Crippen LogP contribution < -0.4 is 5.32 Å². The van der Waals surface area contributed by atoms with Crippen molar-refractivity contribution in [3.63, 3.8) is 0 Å². The SMILES string of the molecule is C#CCCCCNC(=O)N1CCC(CC(=O)O)C1. The summed E-state index contributed by atoms with van der Waals surface area (Å²) in [5.74, 6) is 1.85. The van der Waals surface area contributed by atoms with Gasteiger partial charge >= 0.3 is 12.0 Å². The van der Waals surface area contributed by atoms with E-state index in [-0.39, 0.29) is 18.4 Å². The quantitative estimate of drug-likeness (QED) is 0.553. The van der Waals surface area contributed by atoms with Gasteiger partial charge in [0.1, 0.15) is 0 Å². The van der Waals surface area contributed by atoms with Gasteiger partial charge in [-0.15, -0.1) is 12.3 Å². The van der Waals surface area contributed by atoms with Crippen molar-refractivity contribution in [2.75, 3.05) is 19.6 Å². The summed E-state index contributed by atoms with van der Waals surface area (Å²) in [4.78, 5) is 24.0. The first-order chi connectivity index (χ1) is 8.63. The molecule has 1 atom stereocenters. The number of carboxylic acid groups (broad SMARTS) is 1. The highest BCUT2D eigenvalue weighted by Gasteiger charge is 2.27. The van der Waals surface area contributed by atoms with E-state index in [1.807, 2.05) is 0 Å². The fourth-order valence-electron chi connectivity index (χ4n) is 2.09. The van der Waals surface area contributed by atoms with E-state index in [9.17, 15) is 9.59 Å². The van der Waals surface area contributed by atoms with Gasteiger partial charge in [-0.1, -0.05) is 0 Å². The van der Waals surface area contributed by atoms with E-state index in [4.69, 9.17) is 11.5 Å². The third kappa shape index (κ3) is 5.09. The Bertz CT molecular complexity index is 336. The molecule has 1 heterocycles. The molecule has 18 heavy (non-hydrogen) atoms. The number of urea groups is 1. The van der Waals surface area contributed by atoms with Gasteiger partial charge in [0.15, 0.2) is 0 Å². The van der Waals surface area contributed by atoms with E-state index in [0.717, 1.165) is 25.7 Å². The molecule has 0 aromatic carbocycles. The summed E-state index contributed by atoms with van der Waals surface area (Å²) >= 11 is 0. The van der Waals surface area contributed by atoms with E-state index in [1.165, 1.54) is 0 Å². The zero-order valence-corrected chi connectivity index (χ0v) is 10.5. The predicted octanol–water partition coefficient (Wildman–Crippen LogP) is 1.30. The van der Waals surface area contributed by atoms with E-state index in [1.54, 1.807) is 4.90 Å². The minimum absolute atomic E-state index is 0.0923. The number of carbonyl (C=O) groups excluding carboxylic acids is 1. The van der Waals surface area contributed by atoms with Crippen molar-refractivity contribution in [3.05, 3.63) is 0 Å². The third-order valence-electron chi connectivity index (χ3n) is 3.06. The summed E-state index contributed by atoms with van der Waals surface area (Å²) < 4.78 is 0. The van der Waals surface area contributed by atoms with Crippen molar-refractivity contribution in [1.82, 2.24) is 10.2 Å². The number of amides is 2. The number of nitrogens with one attached hydrogen (secondary N) is 1. The summed E-state index contributed by atoms with van der Waals surface area (Å²) in [5, 5.41) is 11.5. The van der Waals surface area contributed by atoms with Gasteiger partial charge in [0.05, 0.1) is 0 Å².